The molecule has 1 saturated carbocycles. The van der Waals surface area contributed by atoms with Crippen molar-refractivity contribution in [3.05, 3.63) is 47.5 Å². The predicted molar refractivity (Wildman–Crippen MR) is 84.3 cm³/mol. The highest BCUT2D eigenvalue weighted by Gasteiger charge is 2.36. The zero-order valence-electron chi connectivity index (χ0n) is 13.3. The van der Waals surface area contributed by atoms with Gasteiger partial charge in [-0.3, -0.25) is 4.79 Å². The summed E-state index contributed by atoms with van der Waals surface area (Å²) in [5, 5.41) is 10.7. The fraction of sp³-hybridized carbons (Fsp3) is 0.471. The average Bonchev–Trinajstić information content (AvgIpc) is 3.15. The van der Waals surface area contributed by atoms with E-state index < -0.39 is 0 Å². The van der Waals surface area contributed by atoms with Gasteiger partial charge in [-0.05, 0) is 37.5 Å². The van der Waals surface area contributed by atoms with Crippen molar-refractivity contribution in [2.45, 2.75) is 44.6 Å². The molecule has 0 spiro atoms. The number of carbonyl (C=O) groups is 1. The number of rotatable bonds is 5. The molecule has 1 aliphatic rings. The Morgan fingerprint density at radius 3 is 2.83 bits per heavy atom. The number of carbonyl (C=O) groups excluding carboxylic acids is 1. The third kappa shape index (κ3) is 3.57. The monoisotopic (exact) mass is 316 g/mol. The SMILES string of the molecule is Cc1cn(CC(=O)NCC2(c3cccc(F)c3)CCCC2)nn1. The average molecular weight is 316 g/mol. The molecule has 1 fully saturated rings. The Labute approximate surface area is 134 Å². The van der Waals surface area contributed by atoms with Gasteiger partial charge in [0.2, 0.25) is 5.91 Å². The Balaban J connectivity index is 1.67. The summed E-state index contributed by atoms with van der Waals surface area (Å²) in [6.45, 7) is 2.52. The molecule has 122 valence electrons. The van der Waals surface area contributed by atoms with Crippen molar-refractivity contribution < 1.29 is 9.18 Å². The van der Waals surface area contributed by atoms with Gasteiger partial charge in [0, 0.05) is 18.2 Å². The number of aryl methyl sites for hydroxylation is 1. The summed E-state index contributed by atoms with van der Waals surface area (Å²) in [7, 11) is 0. The molecular formula is C17H21FN4O. The van der Waals surface area contributed by atoms with E-state index in [1.54, 1.807) is 18.3 Å². The molecule has 0 aliphatic heterocycles. The number of nitrogens with zero attached hydrogens (tertiary/aromatic N) is 3. The normalized spacial score (nSPS) is 16.4. The molecule has 1 aromatic carbocycles. The molecule has 3 rings (SSSR count). The largest absolute Gasteiger partial charge is 0.354 e. The maximum absolute atomic E-state index is 13.6. The van der Waals surface area contributed by atoms with Crippen LogP contribution in [0.15, 0.2) is 30.5 Å². The van der Waals surface area contributed by atoms with E-state index >= 15 is 0 Å². The van der Waals surface area contributed by atoms with Crippen LogP contribution in [0.25, 0.3) is 0 Å². The summed E-state index contributed by atoms with van der Waals surface area (Å²) in [6.07, 6.45) is 5.89. The second-order valence-electron chi connectivity index (χ2n) is 6.33. The van der Waals surface area contributed by atoms with Gasteiger partial charge < -0.3 is 5.32 Å². The standard InChI is InChI=1S/C17H21FN4O/c1-13-10-22(21-20-13)11-16(23)19-12-17(7-2-3-8-17)14-5-4-6-15(18)9-14/h4-6,9-10H,2-3,7-8,11-12H2,1H3,(H,19,23). The fourth-order valence-corrected chi connectivity index (χ4v) is 3.38. The third-order valence-corrected chi connectivity index (χ3v) is 4.58. The Kier molecular flexibility index (Phi) is 4.41. The van der Waals surface area contributed by atoms with E-state index in [0.29, 0.717) is 6.54 Å². The van der Waals surface area contributed by atoms with Crippen LogP contribution in [0.1, 0.15) is 36.9 Å². The number of halogens is 1. The highest BCUT2D eigenvalue weighted by Crippen LogP contribution is 2.40. The second-order valence-corrected chi connectivity index (χ2v) is 6.33. The first-order valence-corrected chi connectivity index (χ1v) is 7.97. The van der Waals surface area contributed by atoms with Crippen LogP contribution >= 0.6 is 0 Å². The third-order valence-electron chi connectivity index (χ3n) is 4.58. The highest BCUT2D eigenvalue weighted by atomic mass is 19.1. The molecule has 1 N–H and O–H groups in total. The topological polar surface area (TPSA) is 59.8 Å². The second kappa shape index (κ2) is 6.48. The van der Waals surface area contributed by atoms with Gasteiger partial charge in [0.25, 0.3) is 0 Å². The van der Waals surface area contributed by atoms with Gasteiger partial charge in [-0.1, -0.05) is 30.2 Å². The van der Waals surface area contributed by atoms with Gasteiger partial charge in [-0.15, -0.1) is 5.10 Å². The molecule has 2 aromatic rings. The Morgan fingerprint density at radius 1 is 1.39 bits per heavy atom. The Hall–Kier alpha value is -2.24. The van der Waals surface area contributed by atoms with Crippen LogP contribution in [-0.2, 0) is 16.8 Å². The summed E-state index contributed by atoms with van der Waals surface area (Å²) in [4.78, 5) is 12.1. The van der Waals surface area contributed by atoms with Crippen LogP contribution < -0.4 is 5.32 Å². The van der Waals surface area contributed by atoms with Crippen LogP contribution in [0, 0.1) is 12.7 Å². The summed E-state index contributed by atoms with van der Waals surface area (Å²) >= 11 is 0. The van der Waals surface area contributed by atoms with Crippen molar-refractivity contribution in [2.75, 3.05) is 6.54 Å². The summed E-state index contributed by atoms with van der Waals surface area (Å²) in [5.74, 6) is -0.323. The molecule has 6 heteroatoms. The van der Waals surface area contributed by atoms with Crippen LogP contribution in [0.3, 0.4) is 0 Å². The molecule has 5 nitrogen and oxygen atoms in total. The van der Waals surface area contributed by atoms with E-state index in [4.69, 9.17) is 0 Å². The first kappa shape index (κ1) is 15.6. The summed E-state index contributed by atoms with van der Waals surface area (Å²) in [6, 6.07) is 6.75. The minimum Gasteiger partial charge on any atom is -0.354 e. The lowest BCUT2D eigenvalue weighted by molar-refractivity contribution is -0.122. The number of benzene rings is 1. The summed E-state index contributed by atoms with van der Waals surface area (Å²) in [5.41, 5.74) is 1.60. The number of hydrogen-bond donors (Lipinski definition) is 1. The number of nitrogens with one attached hydrogen (secondary N) is 1. The minimum atomic E-state index is -0.224. The zero-order chi connectivity index (χ0) is 16.3. The van der Waals surface area contributed by atoms with Crippen molar-refractivity contribution in [3.8, 4) is 0 Å². The van der Waals surface area contributed by atoms with Crippen molar-refractivity contribution >= 4 is 5.91 Å². The van der Waals surface area contributed by atoms with E-state index in [1.807, 2.05) is 13.0 Å². The molecule has 1 heterocycles. The molecular weight excluding hydrogens is 295 g/mol. The van der Waals surface area contributed by atoms with Crippen LogP contribution in [0.4, 0.5) is 4.39 Å². The Bertz CT molecular complexity index is 691. The molecule has 23 heavy (non-hydrogen) atoms. The van der Waals surface area contributed by atoms with Crippen LogP contribution in [0.2, 0.25) is 0 Å². The van der Waals surface area contributed by atoms with E-state index in [-0.39, 0.29) is 23.7 Å². The lowest BCUT2D eigenvalue weighted by Gasteiger charge is -2.30. The molecule has 1 aliphatic carbocycles. The highest BCUT2D eigenvalue weighted by molar-refractivity contribution is 5.75. The van der Waals surface area contributed by atoms with Gasteiger partial charge in [-0.2, -0.15) is 0 Å². The molecule has 0 unspecified atom stereocenters. The predicted octanol–water partition coefficient (Wildman–Crippen LogP) is 2.35. The van der Waals surface area contributed by atoms with Crippen LogP contribution in [-0.4, -0.2) is 27.4 Å². The number of aromatic nitrogens is 3. The fourth-order valence-electron chi connectivity index (χ4n) is 3.38. The molecule has 1 amide bonds. The van der Waals surface area contributed by atoms with E-state index in [2.05, 4.69) is 15.6 Å². The van der Waals surface area contributed by atoms with Crippen molar-refractivity contribution in [1.82, 2.24) is 20.3 Å². The van der Waals surface area contributed by atoms with Gasteiger partial charge in [0.15, 0.2) is 0 Å². The van der Waals surface area contributed by atoms with E-state index in [0.717, 1.165) is 36.9 Å². The van der Waals surface area contributed by atoms with Gasteiger partial charge in [0.1, 0.15) is 12.4 Å². The smallest absolute Gasteiger partial charge is 0.241 e. The van der Waals surface area contributed by atoms with Gasteiger partial charge in [0.05, 0.1) is 5.69 Å². The lowest BCUT2D eigenvalue weighted by atomic mass is 9.78. The summed E-state index contributed by atoms with van der Waals surface area (Å²) < 4.78 is 15.1. The lowest BCUT2D eigenvalue weighted by Crippen LogP contribution is -2.40. The quantitative estimate of drug-likeness (QED) is 0.921. The first-order chi connectivity index (χ1) is 11.1. The molecule has 0 radical (unpaired) electrons. The van der Waals surface area contributed by atoms with E-state index in [9.17, 15) is 9.18 Å². The van der Waals surface area contributed by atoms with Crippen molar-refractivity contribution in [1.29, 1.82) is 0 Å². The van der Waals surface area contributed by atoms with Gasteiger partial charge in [-0.25, -0.2) is 9.07 Å². The molecule has 0 bridgehead atoms. The zero-order valence-corrected chi connectivity index (χ0v) is 13.3. The molecule has 1 aromatic heterocycles. The number of amides is 1. The first-order valence-electron chi connectivity index (χ1n) is 7.97. The van der Waals surface area contributed by atoms with Crippen molar-refractivity contribution in [2.24, 2.45) is 0 Å². The van der Waals surface area contributed by atoms with E-state index in [1.165, 1.54) is 10.7 Å². The molecule has 0 saturated heterocycles. The van der Waals surface area contributed by atoms with Gasteiger partial charge >= 0.3 is 0 Å². The minimum absolute atomic E-state index is 0.0995. The number of hydrogen-bond acceptors (Lipinski definition) is 3. The maximum atomic E-state index is 13.6. The molecule has 0 atom stereocenters. The van der Waals surface area contributed by atoms with Crippen LogP contribution in [0.5, 0.6) is 0 Å². The van der Waals surface area contributed by atoms with Crippen molar-refractivity contribution in [3.63, 3.8) is 0 Å². The maximum Gasteiger partial charge on any atom is 0.241 e. The Morgan fingerprint density at radius 2 is 2.17 bits per heavy atom.